The maximum absolute atomic E-state index is 15.1. The molecule has 3 rings (SSSR count). The minimum absolute atomic E-state index is 0.103. The Labute approximate surface area is 196 Å². The predicted octanol–water partition coefficient (Wildman–Crippen LogP) is 6.52. The summed E-state index contributed by atoms with van der Waals surface area (Å²) in [6.45, 7) is 0. The van der Waals surface area contributed by atoms with Gasteiger partial charge in [0, 0.05) is 18.2 Å². The van der Waals surface area contributed by atoms with Crippen LogP contribution in [0.5, 0.6) is 11.5 Å². The lowest BCUT2D eigenvalue weighted by atomic mass is 9.86. The fraction of sp³-hybridized carbons (Fsp3) is 0.200. The fourth-order valence-corrected chi connectivity index (χ4v) is 3.16. The van der Waals surface area contributed by atoms with Gasteiger partial charge in [-0.1, -0.05) is 0 Å². The molecule has 1 aliphatic carbocycles. The van der Waals surface area contributed by atoms with Gasteiger partial charge in [-0.25, -0.2) is 30.7 Å². The lowest BCUT2D eigenvalue weighted by Crippen LogP contribution is -2.48. The number of ether oxygens (including phenoxy) is 2. The summed E-state index contributed by atoms with van der Waals surface area (Å²) in [5, 5.41) is 0. The molecule has 1 unspecified atom stereocenters. The molecule has 1 atom stereocenters. The van der Waals surface area contributed by atoms with E-state index in [1.807, 2.05) is 0 Å². The lowest BCUT2D eigenvalue weighted by Gasteiger charge is -2.34. The van der Waals surface area contributed by atoms with Gasteiger partial charge in [-0.3, -0.25) is 0 Å². The molecule has 0 radical (unpaired) electrons. The first kappa shape index (κ1) is 27.8. The Morgan fingerprint density at radius 1 is 0.703 bits per heavy atom. The van der Waals surface area contributed by atoms with Crippen molar-refractivity contribution in [3.63, 3.8) is 0 Å². The molecule has 4 nitrogen and oxygen atoms in total. The van der Waals surface area contributed by atoms with Gasteiger partial charge in [0.25, 0.3) is 5.67 Å². The molecule has 4 N–H and O–H groups in total. The molecule has 0 aliphatic heterocycles. The number of hydrogen-bond acceptors (Lipinski definition) is 4. The molecule has 0 amide bonds. The van der Waals surface area contributed by atoms with Crippen molar-refractivity contribution in [3.8, 4) is 11.5 Å². The second-order valence-electron chi connectivity index (χ2n) is 7.29. The number of anilines is 2. The highest BCUT2D eigenvalue weighted by Gasteiger charge is 2.67. The Morgan fingerprint density at radius 3 is 1.54 bits per heavy atom. The average molecular weight is 556 g/mol. The predicted molar refractivity (Wildman–Crippen MR) is 98.4 cm³/mol. The Kier molecular flexibility index (Phi) is 6.72. The maximum Gasteiger partial charge on any atom is 0.430 e. The molecule has 0 bridgehead atoms. The number of hydrogen-bond donors (Lipinski definition) is 2. The summed E-state index contributed by atoms with van der Waals surface area (Å²) in [7, 11) is 0. The van der Waals surface area contributed by atoms with Crippen LogP contribution in [0.3, 0.4) is 0 Å². The van der Waals surface area contributed by atoms with E-state index in [4.69, 9.17) is 11.5 Å². The van der Waals surface area contributed by atoms with Crippen LogP contribution in [0.1, 0.15) is 6.42 Å². The molecule has 2 aromatic carbocycles. The van der Waals surface area contributed by atoms with E-state index in [0.29, 0.717) is 0 Å². The minimum atomic E-state index is -6.43. The zero-order chi connectivity index (χ0) is 28.2. The lowest BCUT2D eigenvalue weighted by molar-refractivity contribution is -0.221. The van der Waals surface area contributed by atoms with Crippen LogP contribution in [0.2, 0.25) is 0 Å². The number of alkyl halides is 7. The normalized spacial score (nSPS) is 18.7. The van der Waals surface area contributed by atoms with Crippen molar-refractivity contribution in [1.82, 2.24) is 0 Å². The van der Waals surface area contributed by atoms with E-state index in [9.17, 15) is 52.7 Å². The standard InChI is InChI=1S/C20H9F13N2O2/c21-6-2-8(13(25)15(34)11(6)23)36-5-1-10(37-9-3-7(22)12(24)16(35)14(9)26)17(19(28,29)30)18(27,4-5)20(31,32)33/h2-4H,1,34-35H2. The molecule has 2 aromatic rings. The molecule has 0 heterocycles. The van der Waals surface area contributed by atoms with Gasteiger partial charge in [0.2, 0.25) is 0 Å². The zero-order valence-electron chi connectivity index (χ0n) is 17.3. The zero-order valence-corrected chi connectivity index (χ0v) is 17.3. The van der Waals surface area contributed by atoms with E-state index in [2.05, 4.69) is 9.47 Å². The highest BCUT2D eigenvalue weighted by Crippen LogP contribution is 2.52. The van der Waals surface area contributed by atoms with Gasteiger partial charge in [0.05, 0.1) is 6.42 Å². The average Bonchev–Trinajstić information content (AvgIpc) is 2.76. The van der Waals surface area contributed by atoms with Gasteiger partial charge in [-0.2, -0.15) is 26.3 Å². The van der Waals surface area contributed by atoms with Gasteiger partial charge in [0.15, 0.2) is 46.4 Å². The van der Waals surface area contributed by atoms with E-state index < -0.39 is 105 Å². The first-order valence-corrected chi connectivity index (χ1v) is 9.29. The molecule has 17 heteroatoms. The molecule has 0 spiro atoms. The first-order valence-electron chi connectivity index (χ1n) is 9.29. The van der Waals surface area contributed by atoms with Crippen LogP contribution in [0.25, 0.3) is 0 Å². The number of allylic oxidation sites excluding steroid dienone is 2. The first-order chi connectivity index (χ1) is 16.8. The van der Waals surface area contributed by atoms with Crippen molar-refractivity contribution in [3.05, 3.63) is 70.2 Å². The highest BCUT2D eigenvalue weighted by molar-refractivity contribution is 5.51. The quantitative estimate of drug-likeness (QED) is 0.256. The topological polar surface area (TPSA) is 70.5 Å². The molecule has 0 saturated carbocycles. The summed E-state index contributed by atoms with van der Waals surface area (Å²) in [6, 6.07) is -0.335. The molecule has 202 valence electrons. The number of rotatable bonds is 4. The summed E-state index contributed by atoms with van der Waals surface area (Å²) in [5.74, 6) is -18.7. The number of nitrogens with two attached hydrogens (primary N) is 2. The summed E-state index contributed by atoms with van der Waals surface area (Å²) < 4.78 is 188. The van der Waals surface area contributed by atoms with Crippen molar-refractivity contribution in [2.45, 2.75) is 24.4 Å². The Balaban J connectivity index is 2.22. The van der Waals surface area contributed by atoms with Crippen LogP contribution < -0.4 is 20.9 Å². The molecular formula is C20H9F13N2O2. The van der Waals surface area contributed by atoms with E-state index in [-0.39, 0.29) is 12.1 Å². The van der Waals surface area contributed by atoms with E-state index >= 15 is 4.39 Å². The van der Waals surface area contributed by atoms with Crippen LogP contribution in [0, 0.1) is 34.9 Å². The number of halogens is 13. The van der Waals surface area contributed by atoms with Crippen LogP contribution in [0.15, 0.2) is 35.3 Å². The van der Waals surface area contributed by atoms with Gasteiger partial charge < -0.3 is 20.9 Å². The van der Waals surface area contributed by atoms with Crippen LogP contribution in [0.4, 0.5) is 68.5 Å². The second-order valence-corrected chi connectivity index (χ2v) is 7.29. The highest BCUT2D eigenvalue weighted by atomic mass is 19.4. The number of nitrogen functional groups attached to an aromatic ring is 2. The molecule has 1 aliphatic rings. The Bertz CT molecular complexity index is 1330. The van der Waals surface area contributed by atoms with Crippen molar-refractivity contribution in [1.29, 1.82) is 0 Å². The number of benzene rings is 2. The molecule has 37 heavy (non-hydrogen) atoms. The monoisotopic (exact) mass is 556 g/mol. The summed E-state index contributed by atoms with van der Waals surface area (Å²) in [4.78, 5) is 0. The Morgan fingerprint density at radius 2 is 1.14 bits per heavy atom. The van der Waals surface area contributed by atoms with Gasteiger partial charge in [-0.05, 0) is 0 Å². The van der Waals surface area contributed by atoms with Crippen molar-refractivity contribution in [2.75, 3.05) is 11.5 Å². The largest absolute Gasteiger partial charge is 0.458 e. The third-order valence-corrected chi connectivity index (χ3v) is 4.82. The third-order valence-electron chi connectivity index (χ3n) is 4.82. The van der Waals surface area contributed by atoms with Gasteiger partial charge in [-0.15, -0.1) is 0 Å². The van der Waals surface area contributed by atoms with Crippen molar-refractivity contribution in [2.24, 2.45) is 0 Å². The smallest absolute Gasteiger partial charge is 0.430 e. The SMILES string of the molecule is Nc1c(F)c(F)cc(OC2=CC(F)(C(F)(F)F)C(C(F)(F)F)=C(Oc3cc(F)c(F)c(N)c3F)C2)c1F. The van der Waals surface area contributed by atoms with Crippen molar-refractivity contribution >= 4 is 11.4 Å². The maximum atomic E-state index is 15.1. The molecule has 0 saturated heterocycles. The minimum Gasteiger partial charge on any atom is -0.458 e. The van der Waals surface area contributed by atoms with Crippen LogP contribution in [-0.2, 0) is 0 Å². The Hall–Kier alpha value is -3.79. The van der Waals surface area contributed by atoms with Crippen molar-refractivity contribution < 1.29 is 66.5 Å². The van der Waals surface area contributed by atoms with E-state index in [0.717, 1.165) is 0 Å². The molecule has 0 fully saturated rings. The third kappa shape index (κ3) is 4.81. The fourth-order valence-electron chi connectivity index (χ4n) is 3.16. The summed E-state index contributed by atoms with van der Waals surface area (Å²) in [6.07, 6.45) is -15.1. The summed E-state index contributed by atoms with van der Waals surface area (Å²) in [5.41, 5.74) is -2.00. The molecular weight excluding hydrogens is 547 g/mol. The van der Waals surface area contributed by atoms with Crippen LogP contribution in [-0.4, -0.2) is 18.0 Å². The second kappa shape index (κ2) is 8.95. The molecule has 0 aromatic heterocycles. The van der Waals surface area contributed by atoms with Gasteiger partial charge in [0.1, 0.15) is 28.5 Å². The van der Waals surface area contributed by atoms with E-state index in [1.165, 1.54) is 0 Å². The van der Waals surface area contributed by atoms with E-state index in [1.54, 1.807) is 0 Å². The summed E-state index contributed by atoms with van der Waals surface area (Å²) >= 11 is 0. The van der Waals surface area contributed by atoms with Gasteiger partial charge >= 0.3 is 12.4 Å². The van der Waals surface area contributed by atoms with Crippen LogP contribution >= 0.6 is 0 Å².